The molecule has 1 aliphatic rings. The van der Waals surface area contributed by atoms with Crippen LogP contribution in [0, 0.1) is 11.8 Å². The molecule has 0 aromatic carbocycles. The summed E-state index contributed by atoms with van der Waals surface area (Å²) in [5.41, 5.74) is 0. The van der Waals surface area contributed by atoms with Gasteiger partial charge in [0.2, 0.25) is 0 Å². The molecule has 1 N–H and O–H groups in total. The number of aliphatic carboxylic acids is 1. The van der Waals surface area contributed by atoms with Crippen LogP contribution in [0.3, 0.4) is 0 Å². The van der Waals surface area contributed by atoms with Crippen LogP contribution in [0.25, 0.3) is 0 Å². The Morgan fingerprint density at radius 1 is 1.42 bits per heavy atom. The fraction of sp³-hybridized carbons (Fsp3) is 0.900. The lowest BCUT2D eigenvalue weighted by Crippen LogP contribution is -2.17. The molecule has 1 aliphatic carbocycles. The summed E-state index contributed by atoms with van der Waals surface area (Å²) in [7, 11) is 0. The number of carboxylic acid groups (broad SMARTS) is 1. The van der Waals surface area contributed by atoms with Crippen molar-refractivity contribution >= 4 is 5.97 Å². The third kappa shape index (κ3) is 2.84. The minimum Gasteiger partial charge on any atom is -0.481 e. The quantitative estimate of drug-likeness (QED) is 0.695. The van der Waals surface area contributed by atoms with E-state index in [4.69, 9.17) is 5.11 Å². The fourth-order valence-corrected chi connectivity index (χ4v) is 1.85. The molecular weight excluding hydrogens is 152 g/mol. The van der Waals surface area contributed by atoms with E-state index in [0.29, 0.717) is 5.92 Å². The van der Waals surface area contributed by atoms with Crippen molar-refractivity contribution in [3.63, 3.8) is 0 Å². The third-order valence-corrected chi connectivity index (χ3v) is 2.50. The van der Waals surface area contributed by atoms with E-state index >= 15 is 0 Å². The number of rotatable bonds is 2. The molecule has 0 aromatic rings. The second-order valence-electron chi connectivity index (χ2n) is 3.04. The van der Waals surface area contributed by atoms with Crippen molar-refractivity contribution in [1.82, 2.24) is 0 Å². The van der Waals surface area contributed by atoms with Gasteiger partial charge in [-0.05, 0) is 18.8 Å². The molecule has 0 amide bonds. The Labute approximate surface area is 75.0 Å². The summed E-state index contributed by atoms with van der Waals surface area (Å²) >= 11 is 0. The van der Waals surface area contributed by atoms with Gasteiger partial charge in [-0.15, -0.1) is 0 Å². The third-order valence-electron chi connectivity index (χ3n) is 2.50. The Kier molecular flexibility index (Phi) is 5.77. The summed E-state index contributed by atoms with van der Waals surface area (Å²) in [6, 6.07) is 0. The Morgan fingerprint density at radius 3 is 2.33 bits per heavy atom. The molecule has 2 unspecified atom stereocenters. The van der Waals surface area contributed by atoms with E-state index < -0.39 is 5.97 Å². The smallest absolute Gasteiger partial charge is 0.306 e. The average molecular weight is 172 g/mol. The zero-order valence-electron chi connectivity index (χ0n) is 8.34. The Morgan fingerprint density at radius 2 is 2.00 bits per heavy atom. The molecule has 0 bridgehead atoms. The summed E-state index contributed by atoms with van der Waals surface area (Å²) in [4.78, 5) is 10.6. The van der Waals surface area contributed by atoms with Crippen LogP contribution in [0.1, 0.15) is 46.5 Å². The minimum atomic E-state index is -0.593. The van der Waals surface area contributed by atoms with Crippen molar-refractivity contribution in [2.45, 2.75) is 46.5 Å². The molecule has 2 atom stereocenters. The molecule has 1 saturated carbocycles. The molecule has 2 nitrogen and oxygen atoms in total. The molecule has 0 spiro atoms. The lowest BCUT2D eigenvalue weighted by molar-refractivity contribution is -0.142. The first-order chi connectivity index (χ1) is 5.75. The molecule has 0 aliphatic heterocycles. The Balaban J connectivity index is 0.000000561. The second kappa shape index (κ2) is 6.04. The Hall–Kier alpha value is -0.530. The highest BCUT2D eigenvalue weighted by Crippen LogP contribution is 2.33. The van der Waals surface area contributed by atoms with Crippen LogP contribution in [0.4, 0.5) is 0 Å². The van der Waals surface area contributed by atoms with Gasteiger partial charge in [0.05, 0.1) is 5.92 Å². The van der Waals surface area contributed by atoms with Crippen LogP contribution in [0.5, 0.6) is 0 Å². The molecule has 72 valence electrons. The van der Waals surface area contributed by atoms with Crippen LogP contribution < -0.4 is 0 Å². The molecular formula is C10H20O2. The van der Waals surface area contributed by atoms with Gasteiger partial charge in [-0.3, -0.25) is 4.79 Å². The Bertz CT molecular complexity index is 132. The van der Waals surface area contributed by atoms with Gasteiger partial charge < -0.3 is 5.11 Å². The SMILES string of the molecule is CC.CCC1CCCC1C(=O)O. The summed E-state index contributed by atoms with van der Waals surface area (Å²) < 4.78 is 0. The highest BCUT2D eigenvalue weighted by molar-refractivity contribution is 5.70. The summed E-state index contributed by atoms with van der Waals surface area (Å²) in [5, 5.41) is 8.71. The van der Waals surface area contributed by atoms with Crippen molar-refractivity contribution in [3.05, 3.63) is 0 Å². The average Bonchev–Trinajstić information content (AvgIpc) is 2.55. The van der Waals surface area contributed by atoms with Crippen molar-refractivity contribution in [2.24, 2.45) is 11.8 Å². The second-order valence-corrected chi connectivity index (χ2v) is 3.04. The zero-order valence-corrected chi connectivity index (χ0v) is 8.34. The van der Waals surface area contributed by atoms with E-state index in [1.54, 1.807) is 0 Å². The van der Waals surface area contributed by atoms with E-state index in [1.165, 1.54) is 0 Å². The van der Waals surface area contributed by atoms with Crippen molar-refractivity contribution < 1.29 is 9.90 Å². The first-order valence-corrected chi connectivity index (χ1v) is 4.98. The van der Waals surface area contributed by atoms with Crippen molar-refractivity contribution in [1.29, 1.82) is 0 Å². The highest BCUT2D eigenvalue weighted by atomic mass is 16.4. The first-order valence-electron chi connectivity index (χ1n) is 4.98. The van der Waals surface area contributed by atoms with Gasteiger partial charge in [-0.25, -0.2) is 0 Å². The standard InChI is InChI=1S/C8H14O2.C2H6/c1-2-6-4-3-5-7(6)8(9)10;1-2/h6-7H,2-5H2,1H3,(H,9,10);1-2H3. The molecule has 0 saturated heterocycles. The molecule has 0 radical (unpaired) electrons. The maximum atomic E-state index is 10.6. The van der Waals surface area contributed by atoms with Gasteiger partial charge in [0.15, 0.2) is 0 Å². The highest BCUT2D eigenvalue weighted by Gasteiger charge is 2.30. The topological polar surface area (TPSA) is 37.3 Å². The first kappa shape index (κ1) is 11.5. The lowest BCUT2D eigenvalue weighted by atomic mass is 9.94. The number of carbonyl (C=O) groups is 1. The van der Waals surface area contributed by atoms with E-state index in [0.717, 1.165) is 25.7 Å². The minimum absolute atomic E-state index is 0.0370. The molecule has 1 rings (SSSR count). The van der Waals surface area contributed by atoms with E-state index in [-0.39, 0.29) is 5.92 Å². The lowest BCUT2D eigenvalue weighted by Gasteiger charge is -2.11. The van der Waals surface area contributed by atoms with Gasteiger partial charge in [-0.2, -0.15) is 0 Å². The van der Waals surface area contributed by atoms with E-state index in [9.17, 15) is 4.79 Å². The number of hydrogen-bond acceptors (Lipinski definition) is 1. The normalized spacial score (nSPS) is 27.6. The number of hydrogen-bond donors (Lipinski definition) is 1. The van der Waals surface area contributed by atoms with Gasteiger partial charge in [-0.1, -0.05) is 33.6 Å². The maximum Gasteiger partial charge on any atom is 0.306 e. The van der Waals surface area contributed by atoms with Crippen LogP contribution in [-0.4, -0.2) is 11.1 Å². The summed E-state index contributed by atoms with van der Waals surface area (Å²) in [5.74, 6) is -0.174. The molecule has 12 heavy (non-hydrogen) atoms. The molecule has 2 heteroatoms. The van der Waals surface area contributed by atoms with Crippen LogP contribution in [0.2, 0.25) is 0 Å². The summed E-state index contributed by atoms with van der Waals surface area (Å²) in [6.07, 6.45) is 4.15. The van der Waals surface area contributed by atoms with Gasteiger partial charge in [0.1, 0.15) is 0 Å². The monoisotopic (exact) mass is 172 g/mol. The fourth-order valence-electron chi connectivity index (χ4n) is 1.85. The van der Waals surface area contributed by atoms with E-state index in [2.05, 4.69) is 6.92 Å². The zero-order chi connectivity index (χ0) is 9.56. The maximum absolute atomic E-state index is 10.6. The van der Waals surface area contributed by atoms with Gasteiger partial charge >= 0.3 is 5.97 Å². The molecule has 1 fully saturated rings. The molecule has 0 aromatic heterocycles. The largest absolute Gasteiger partial charge is 0.481 e. The molecule has 0 heterocycles. The van der Waals surface area contributed by atoms with Crippen molar-refractivity contribution in [3.8, 4) is 0 Å². The number of carboxylic acids is 1. The van der Waals surface area contributed by atoms with Crippen LogP contribution >= 0.6 is 0 Å². The van der Waals surface area contributed by atoms with Crippen LogP contribution in [0.15, 0.2) is 0 Å². The van der Waals surface area contributed by atoms with Crippen LogP contribution in [-0.2, 0) is 4.79 Å². The van der Waals surface area contributed by atoms with Gasteiger partial charge in [0, 0.05) is 0 Å². The van der Waals surface area contributed by atoms with Crippen molar-refractivity contribution in [2.75, 3.05) is 0 Å². The predicted octanol–water partition coefficient (Wildman–Crippen LogP) is 2.92. The predicted molar refractivity (Wildman–Crippen MR) is 50.1 cm³/mol. The summed E-state index contributed by atoms with van der Waals surface area (Å²) in [6.45, 7) is 6.08. The van der Waals surface area contributed by atoms with E-state index in [1.807, 2.05) is 13.8 Å². The van der Waals surface area contributed by atoms with Gasteiger partial charge in [0.25, 0.3) is 0 Å².